The maximum absolute atomic E-state index is 13.8. The molecule has 0 bridgehead atoms. The Morgan fingerprint density at radius 2 is 1.78 bits per heavy atom. The summed E-state index contributed by atoms with van der Waals surface area (Å²) >= 11 is 0. The monoisotopic (exact) mass is 635 g/mol. The molecule has 0 unspecified atom stereocenters. The lowest BCUT2D eigenvalue weighted by atomic mass is 9.95. The first-order chi connectivity index (χ1) is 21.4. The second-order valence-corrected chi connectivity index (χ2v) is 13.4. The largest absolute Gasteiger partial charge is 0.455 e. The van der Waals surface area contributed by atoms with Gasteiger partial charge in [-0.3, -0.25) is 18.7 Å². The molecule has 1 aromatic heterocycles. The predicted molar refractivity (Wildman–Crippen MR) is 165 cm³/mol. The molecule has 2 fully saturated rings. The molecule has 0 radical (unpaired) electrons. The highest BCUT2D eigenvalue weighted by Gasteiger charge is 2.55. The topological polar surface area (TPSA) is 131 Å². The van der Waals surface area contributed by atoms with Crippen LogP contribution < -0.4 is 10.0 Å². The van der Waals surface area contributed by atoms with Gasteiger partial charge in [0.2, 0.25) is 15.9 Å². The van der Waals surface area contributed by atoms with Gasteiger partial charge in [0.15, 0.2) is 5.78 Å². The van der Waals surface area contributed by atoms with Crippen LogP contribution in [0, 0.1) is 11.7 Å². The minimum absolute atomic E-state index is 0.0609. The van der Waals surface area contributed by atoms with E-state index in [4.69, 9.17) is 10.2 Å². The number of piperidine rings is 1. The fourth-order valence-corrected chi connectivity index (χ4v) is 7.25. The second-order valence-electron chi connectivity index (χ2n) is 11.5. The molecule has 6 rings (SSSR count). The van der Waals surface area contributed by atoms with E-state index in [0.29, 0.717) is 28.5 Å². The van der Waals surface area contributed by atoms with E-state index in [1.54, 1.807) is 37.3 Å². The minimum atomic E-state index is -4.00. The van der Waals surface area contributed by atoms with E-state index < -0.39 is 41.0 Å². The summed E-state index contributed by atoms with van der Waals surface area (Å²) in [4.78, 5) is 40.7. The zero-order valence-corrected chi connectivity index (χ0v) is 25.4. The average Bonchev–Trinajstić information content (AvgIpc) is 3.51. The summed E-state index contributed by atoms with van der Waals surface area (Å²) in [5.74, 6) is -1.25. The van der Waals surface area contributed by atoms with Gasteiger partial charge in [0.05, 0.1) is 24.1 Å². The van der Waals surface area contributed by atoms with Gasteiger partial charge in [0.25, 0.3) is 5.91 Å². The lowest BCUT2D eigenvalue weighted by Crippen LogP contribution is -2.46. The van der Waals surface area contributed by atoms with Crippen LogP contribution in [0.15, 0.2) is 65.1 Å². The fourth-order valence-electron chi connectivity index (χ4n) is 6.34. The van der Waals surface area contributed by atoms with Crippen LogP contribution in [0.2, 0.25) is 0 Å². The van der Waals surface area contributed by atoms with E-state index in [9.17, 15) is 31.6 Å². The molecule has 2 N–H and O–H groups in total. The second kappa shape index (κ2) is 11.4. The number of amides is 2. The molecule has 1 saturated carbocycles. The molecule has 1 saturated heterocycles. The van der Waals surface area contributed by atoms with Gasteiger partial charge in [0, 0.05) is 40.6 Å². The number of ketones is 1. The van der Waals surface area contributed by atoms with Crippen LogP contribution in [0.4, 0.5) is 14.5 Å². The molecule has 9 nitrogen and oxygen atoms in total. The van der Waals surface area contributed by atoms with E-state index in [-0.39, 0.29) is 58.2 Å². The third-order valence-corrected chi connectivity index (χ3v) is 9.74. The van der Waals surface area contributed by atoms with Gasteiger partial charge >= 0.3 is 0 Å². The van der Waals surface area contributed by atoms with Gasteiger partial charge in [-0.15, -0.1) is 0 Å². The Balaban J connectivity index is 1.56. The Morgan fingerprint density at radius 1 is 1.04 bits per heavy atom. The summed E-state index contributed by atoms with van der Waals surface area (Å²) in [5, 5.41) is 0.375. The van der Waals surface area contributed by atoms with E-state index in [0.717, 1.165) is 17.0 Å². The van der Waals surface area contributed by atoms with Crippen molar-refractivity contribution in [2.24, 2.45) is 11.7 Å². The van der Waals surface area contributed by atoms with Gasteiger partial charge in [0.1, 0.15) is 29.9 Å². The zero-order valence-electron chi connectivity index (χ0n) is 24.6. The summed E-state index contributed by atoms with van der Waals surface area (Å²) in [7, 11) is -4.00. The number of rotatable bonds is 10. The van der Waals surface area contributed by atoms with Crippen molar-refractivity contribution in [3.63, 3.8) is 0 Å². The molecule has 3 atom stereocenters. The van der Waals surface area contributed by atoms with Crippen molar-refractivity contribution in [3.05, 3.63) is 77.6 Å². The number of alkyl halides is 1. The molecule has 2 aliphatic rings. The Kier molecular flexibility index (Phi) is 7.72. The van der Waals surface area contributed by atoms with Crippen LogP contribution in [0.25, 0.3) is 33.4 Å². The first kappa shape index (κ1) is 30.4. The molecule has 12 heteroatoms. The van der Waals surface area contributed by atoms with Gasteiger partial charge in [-0.25, -0.2) is 17.2 Å². The number of hydrogen-bond acceptors (Lipinski definition) is 6. The van der Waals surface area contributed by atoms with Crippen molar-refractivity contribution in [2.75, 3.05) is 23.8 Å². The number of carbonyl (C=O) groups is 3. The molecule has 2 amide bonds. The average molecular weight is 636 g/mol. The number of furan rings is 1. The molecule has 45 heavy (non-hydrogen) atoms. The Morgan fingerprint density at radius 3 is 2.42 bits per heavy atom. The number of likely N-dealkylation sites (tertiary alicyclic amines) is 1. The van der Waals surface area contributed by atoms with Crippen LogP contribution in [0.3, 0.4) is 0 Å². The predicted octanol–water partition coefficient (Wildman–Crippen LogP) is 5.32. The molecule has 4 aromatic rings. The highest BCUT2D eigenvalue weighted by molar-refractivity contribution is 7.92. The summed E-state index contributed by atoms with van der Waals surface area (Å²) in [6.07, 6.45) is 2.40. The highest BCUT2D eigenvalue weighted by atomic mass is 32.2. The quantitative estimate of drug-likeness (QED) is 0.235. The number of fused-ring (bicyclic) bond motifs is 2. The first-order valence-electron chi connectivity index (χ1n) is 14.6. The summed E-state index contributed by atoms with van der Waals surface area (Å²) < 4.78 is 60.4. The van der Waals surface area contributed by atoms with Crippen LogP contribution >= 0.6 is 0 Å². The third kappa shape index (κ3) is 5.47. The Bertz CT molecular complexity index is 1960. The summed E-state index contributed by atoms with van der Waals surface area (Å²) in [6.45, 7) is 0.224. The molecule has 234 valence electrons. The third-order valence-electron chi connectivity index (χ3n) is 8.56. The SMILES string of the molecule is CCC(=O)c1c(-c2ccc(F)cc2)oc2cc(N(CCF)S(C)(=O)=O)c(-c3cccc(C(=O)N4[C@H](C(N)=O)C[C@@H]5C[C@@H]54)c3)cc12. The molecular formula is C33H31F2N3O6S. The lowest BCUT2D eigenvalue weighted by Gasteiger charge is -2.26. The number of anilines is 1. The van der Waals surface area contributed by atoms with Gasteiger partial charge in [-0.05, 0) is 66.8 Å². The Hall–Kier alpha value is -4.58. The standard InChI is InChI=1S/C33H31F2N3O6S/c1-3-28(39)30-24-16-23(19-5-4-6-20(13-19)33(41)38-25-14-21(25)15-27(38)32(36)40)26(37(12-11-34)45(2,42)43)17-29(24)44-31(30)18-7-9-22(35)10-8-18/h4-10,13,16-17,21,25,27H,3,11-12,14-15H2,1-2H3,(H2,36,40)/t21-,25-,27-/m0/s1. The van der Waals surface area contributed by atoms with E-state index in [1.807, 2.05) is 0 Å². The molecular weight excluding hydrogens is 604 g/mol. The van der Waals surface area contributed by atoms with Crippen molar-refractivity contribution in [1.82, 2.24) is 4.90 Å². The fraction of sp³-hybridized carbons (Fsp3) is 0.303. The van der Waals surface area contributed by atoms with E-state index >= 15 is 0 Å². The highest BCUT2D eigenvalue weighted by Crippen LogP contribution is 2.48. The molecule has 1 aliphatic heterocycles. The molecule has 3 aromatic carbocycles. The summed E-state index contributed by atoms with van der Waals surface area (Å²) in [6, 6.07) is 14.2. The van der Waals surface area contributed by atoms with Crippen molar-refractivity contribution in [1.29, 1.82) is 0 Å². The number of benzene rings is 3. The lowest BCUT2D eigenvalue weighted by molar-refractivity contribution is -0.122. The van der Waals surface area contributed by atoms with Gasteiger partial charge < -0.3 is 15.1 Å². The summed E-state index contributed by atoms with van der Waals surface area (Å²) in [5.41, 5.74) is 7.53. The van der Waals surface area contributed by atoms with Crippen molar-refractivity contribution < 1.29 is 36.0 Å². The normalized spacial score (nSPS) is 19.0. The van der Waals surface area contributed by atoms with Crippen LogP contribution in [-0.4, -0.2) is 62.5 Å². The van der Waals surface area contributed by atoms with Crippen molar-refractivity contribution >= 4 is 44.3 Å². The Labute approximate surface area is 258 Å². The van der Waals surface area contributed by atoms with Gasteiger partial charge in [-0.1, -0.05) is 19.1 Å². The number of Topliss-reactive ketones (excluding diaryl/α,β-unsaturated/α-hetero) is 1. The zero-order chi connectivity index (χ0) is 32.2. The molecule has 1 aliphatic carbocycles. The van der Waals surface area contributed by atoms with Crippen LogP contribution in [0.5, 0.6) is 0 Å². The van der Waals surface area contributed by atoms with Gasteiger partial charge in [-0.2, -0.15) is 0 Å². The van der Waals surface area contributed by atoms with E-state index in [1.165, 1.54) is 35.2 Å². The maximum Gasteiger partial charge on any atom is 0.254 e. The van der Waals surface area contributed by atoms with Crippen molar-refractivity contribution in [3.8, 4) is 22.5 Å². The maximum atomic E-state index is 13.8. The smallest absolute Gasteiger partial charge is 0.254 e. The number of halogens is 2. The molecule has 2 heterocycles. The molecule has 0 spiro atoms. The van der Waals surface area contributed by atoms with E-state index in [2.05, 4.69) is 0 Å². The van der Waals surface area contributed by atoms with Crippen LogP contribution in [0.1, 0.15) is 46.9 Å². The van der Waals surface area contributed by atoms with Crippen molar-refractivity contribution in [2.45, 2.75) is 38.3 Å². The number of primary amides is 1. The first-order valence-corrected chi connectivity index (χ1v) is 16.4. The number of carbonyl (C=O) groups excluding carboxylic acids is 3. The number of nitrogens with two attached hydrogens (primary N) is 1. The van der Waals surface area contributed by atoms with Crippen LogP contribution in [-0.2, 0) is 14.8 Å². The minimum Gasteiger partial charge on any atom is -0.455 e. The number of nitrogens with zero attached hydrogens (tertiary/aromatic N) is 2. The number of sulfonamides is 1. The number of hydrogen-bond donors (Lipinski definition) is 1.